The predicted molar refractivity (Wildman–Crippen MR) is 29.6 cm³/mol. The van der Waals surface area contributed by atoms with Crippen LogP contribution in [0, 0.1) is 0 Å². The van der Waals surface area contributed by atoms with Gasteiger partial charge < -0.3 is 0 Å². The van der Waals surface area contributed by atoms with Crippen molar-refractivity contribution in [2.45, 2.75) is 19.1 Å². The van der Waals surface area contributed by atoms with Gasteiger partial charge in [0.25, 0.3) is 0 Å². The van der Waals surface area contributed by atoms with Gasteiger partial charge in [-0.1, -0.05) is 0 Å². The smallest absolute Gasteiger partial charge is 0.184 e. The van der Waals surface area contributed by atoms with Crippen LogP contribution in [0.4, 0.5) is 0 Å². The van der Waals surface area contributed by atoms with Crippen molar-refractivity contribution in [2.75, 3.05) is 5.94 Å². The molecule has 49 valence electrons. The highest BCUT2D eigenvalue weighted by Gasteiger charge is 2.13. The fourth-order valence-electron chi connectivity index (χ4n) is 0.136. The zero-order valence-corrected chi connectivity index (χ0v) is 5.73. The van der Waals surface area contributed by atoms with Crippen molar-refractivity contribution >= 4 is 9.84 Å². The van der Waals surface area contributed by atoms with E-state index in [-0.39, 0.29) is 0 Å². The van der Waals surface area contributed by atoms with Gasteiger partial charge in [0.05, 0.1) is 5.25 Å². The molecule has 0 aliphatic rings. The standard InChI is InChI=1S/C4H9O3S/c1-4(2)8(6,7)3-5/h4H,3H2,1-2H3. The normalized spacial score (nSPS) is 12.5. The average Bonchev–Trinajstić information content (AvgIpc) is 1.67. The molecular weight excluding hydrogens is 128 g/mol. The van der Waals surface area contributed by atoms with Crippen LogP contribution in [0.2, 0.25) is 0 Å². The van der Waals surface area contributed by atoms with Crippen LogP contribution in [0.15, 0.2) is 0 Å². The second kappa shape index (κ2) is 2.46. The van der Waals surface area contributed by atoms with Crippen molar-refractivity contribution in [2.24, 2.45) is 0 Å². The third kappa shape index (κ3) is 1.79. The van der Waals surface area contributed by atoms with E-state index in [4.69, 9.17) is 0 Å². The summed E-state index contributed by atoms with van der Waals surface area (Å²) in [6, 6.07) is 0. The molecule has 0 unspecified atom stereocenters. The monoisotopic (exact) mass is 137 g/mol. The van der Waals surface area contributed by atoms with Crippen LogP contribution in [0.5, 0.6) is 0 Å². The van der Waals surface area contributed by atoms with Gasteiger partial charge in [0.1, 0.15) is 0 Å². The van der Waals surface area contributed by atoms with Gasteiger partial charge in [0.2, 0.25) is 0 Å². The van der Waals surface area contributed by atoms with E-state index in [0.29, 0.717) is 0 Å². The van der Waals surface area contributed by atoms with Crippen molar-refractivity contribution in [3.63, 3.8) is 0 Å². The van der Waals surface area contributed by atoms with Gasteiger partial charge in [0, 0.05) is 0 Å². The van der Waals surface area contributed by atoms with Gasteiger partial charge >= 0.3 is 0 Å². The molecule has 8 heavy (non-hydrogen) atoms. The highest BCUT2D eigenvalue weighted by atomic mass is 32.2. The summed E-state index contributed by atoms with van der Waals surface area (Å²) in [5.74, 6) is -0.995. The van der Waals surface area contributed by atoms with Gasteiger partial charge in [-0.15, -0.1) is 0 Å². The minimum absolute atomic E-state index is 0.528. The molecule has 1 radical (unpaired) electrons. The van der Waals surface area contributed by atoms with Gasteiger partial charge in [-0.3, -0.25) is 0 Å². The van der Waals surface area contributed by atoms with Crippen molar-refractivity contribution in [3.05, 3.63) is 0 Å². The molecule has 0 saturated carbocycles. The Balaban J connectivity index is 4.17. The summed E-state index contributed by atoms with van der Waals surface area (Å²) in [6.45, 7) is 2.99. The Kier molecular flexibility index (Phi) is 2.43. The van der Waals surface area contributed by atoms with Crippen molar-refractivity contribution < 1.29 is 13.5 Å². The molecule has 0 aromatic heterocycles. The summed E-state index contributed by atoms with van der Waals surface area (Å²) in [6.07, 6.45) is 0. The van der Waals surface area contributed by atoms with Crippen LogP contribution in [-0.2, 0) is 14.9 Å². The van der Waals surface area contributed by atoms with Crippen LogP contribution in [0.3, 0.4) is 0 Å². The Labute approximate surface area is 49.3 Å². The Morgan fingerprint density at radius 3 is 1.75 bits per heavy atom. The van der Waals surface area contributed by atoms with Crippen LogP contribution in [-0.4, -0.2) is 19.6 Å². The highest BCUT2D eigenvalue weighted by Crippen LogP contribution is 1.97. The van der Waals surface area contributed by atoms with E-state index >= 15 is 0 Å². The molecule has 3 nitrogen and oxygen atoms in total. The quantitative estimate of drug-likeness (QED) is 0.545. The lowest BCUT2D eigenvalue weighted by atomic mass is 10.6. The van der Waals surface area contributed by atoms with E-state index in [9.17, 15) is 13.5 Å². The Morgan fingerprint density at radius 1 is 1.38 bits per heavy atom. The molecule has 0 atom stereocenters. The summed E-state index contributed by atoms with van der Waals surface area (Å²) in [5.41, 5.74) is 0. The molecule has 0 amide bonds. The van der Waals surface area contributed by atoms with Crippen LogP contribution in [0.25, 0.3) is 0 Å². The lowest BCUT2D eigenvalue weighted by Gasteiger charge is -1.99. The first-order valence-electron chi connectivity index (χ1n) is 2.30. The van der Waals surface area contributed by atoms with Crippen LogP contribution in [0.1, 0.15) is 13.8 Å². The molecule has 0 fully saturated rings. The first kappa shape index (κ1) is 7.91. The predicted octanol–water partition coefficient (Wildman–Crippen LogP) is 0.198. The summed E-state index contributed by atoms with van der Waals surface area (Å²) >= 11 is 0. The summed E-state index contributed by atoms with van der Waals surface area (Å²) in [5, 5.41) is 9.28. The zero-order chi connectivity index (χ0) is 6.78. The largest absolute Gasteiger partial charge is 0.226 e. The molecule has 0 N–H and O–H groups in total. The fourth-order valence-corrected chi connectivity index (χ4v) is 0.408. The summed E-state index contributed by atoms with van der Waals surface area (Å²) in [7, 11) is -3.29. The summed E-state index contributed by atoms with van der Waals surface area (Å²) < 4.78 is 20.8. The first-order valence-corrected chi connectivity index (χ1v) is 4.02. The topological polar surface area (TPSA) is 54.0 Å². The van der Waals surface area contributed by atoms with E-state index in [0.717, 1.165) is 0 Å². The summed E-state index contributed by atoms with van der Waals surface area (Å²) in [4.78, 5) is 0. The van der Waals surface area contributed by atoms with E-state index in [1.165, 1.54) is 13.8 Å². The van der Waals surface area contributed by atoms with E-state index in [1.54, 1.807) is 0 Å². The third-order valence-corrected chi connectivity index (χ3v) is 2.65. The number of sulfone groups is 1. The number of hydrogen-bond donors (Lipinski definition) is 0. The molecule has 0 bridgehead atoms. The van der Waals surface area contributed by atoms with Gasteiger partial charge in [-0.25, -0.2) is 13.5 Å². The molecule has 0 aromatic carbocycles. The average molecular weight is 137 g/mol. The van der Waals surface area contributed by atoms with Gasteiger partial charge in [-0.05, 0) is 13.8 Å². The SMILES string of the molecule is CC(C)S(=O)(=O)C[O]. The molecule has 0 aromatic rings. The van der Waals surface area contributed by atoms with Crippen molar-refractivity contribution in [3.8, 4) is 0 Å². The zero-order valence-electron chi connectivity index (χ0n) is 4.92. The number of hydrogen-bond acceptors (Lipinski definition) is 2. The minimum Gasteiger partial charge on any atom is -0.226 e. The molecule has 0 aliphatic heterocycles. The van der Waals surface area contributed by atoms with Crippen LogP contribution < -0.4 is 0 Å². The van der Waals surface area contributed by atoms with E-state index < -0.39 is 21.0 Å². The number of rotatable bonds is 2. The lowest BCUT2D eigenvalue weighted by molar-refractivity contribution is 0.249. The molecule has 0 spiro atoms. The maximum atomic E-state index is 10.4. The Hall–Kier alpha value is -0.0900. The maximum Gasteiger partial charge on any atom is 0.184 e. The third-order valence-electron chi connectivity index (χ3n) is 0.882. The minimum atomic E-state index is -3.29. The molecular formula is C4H9O3S. The molecule has 4 heteroatoms. The Bertz CT molecular complexity index is 145. The second-order valence-corrected chi connectivity index (χ2v) is 4.33. The second-order valence-electron chi connectivity index (χ2n) is 1.83. The van der Waals surface area contributed by atoms with Gasteiger partial charge in [-0.2, -0.15) is 0 Å². The van der Waals surface area contributed by atoms with Crippen molar-refractivity contribution in [1.29, 1.82) is 0 Å². The molecule has 0 aliphatic carbocycles. The van der Waals surface area contributed by atoms with Crippen molar-refractivity contribution in [1.82, 2.24) is 0 Å². The Morgan fingerprint density at radius 2 is 1.75 bits per heavy atom. The highest BCUT2D eigenvalue weighted by molar-refractivity contribution is 7.91. The lowest BCUT2D eigenvalue weighted by Crippen LogP contribution is -2.16. The molecule has 0 rings (SSSR count). The van der Waals surface area contributed by atoms with E-state index in [1.807, 2.05) is 0 Å². The van der Waals surface area contributed by atoms with Crippen LogP contribution >= 0.6 is 0 Å². The van der Waals surface area contributed by atoms with E-state index in [2.05, 4.69) is 0 Å². The van der Waals surface area contributed by atoms with Gasteiger partial charge in [0.15, 0.2) is 15.8 Å². The molecule has 0 saturated heterocycles. The fraction of sp³-hybridized carbons (Fsp3) is 1.00. The maximum absolute atomic E-state index is 10.4. The molecule has 0 heterocycles. The first-order chi connectivity index (χ1) is 3.50.